The standard InChI is InChI=1S/C20H18F5N3O3/c1-28-17(29)20(27-19(28)26,11-2-5-13(6-3-11)31-18(24)25)12-4-7-14(21)15(10-12)30-9-8-16(22)23/h2-7,10,16,18H,8-9H2,1H3,(H2,26,27)/t20-/m1/s1. The first-order valence-electron chi connectivity index (χ1n) is 9.05. The number of carbonyl (C=O) groups excluding carboxylic acids is 1. The first-order valence-corrected chi connectivity index (χ1v) is 9.05. The number of benzene rings is 2. The van der Waals surface area contributed by atoms with Crippen LogP contribution in [0, 0.1) is 5.82 Å². The predicted octanol–water partition coefficient (Wildman–Crippen LogP) is 3.49. The monoisotopic (exact) mass is 443 g/mol. The number of aliphatic imine (C=N–C) groups is 1. The zero-order valence-corrected chi connectivity index (χ0v) is 16.2. The van der Waals surface area contributed by atoms with Crippen LogP contribution >= 0.6 is 0 Å². The van der Waals surface area contributed by atoms with Gasteiger partial charge in [0.2, 0.25) is 6.43 Å². The maximum absolute atomic E-state index is 14.2. The van der Waals surface area contributed by atoms with Crippen molar-refractivity contribution in [2.24, 2.45) is 10.7 Å². The first-order chi connectivity index (χ1) is 14.6. The molecule has 2 N–H and O–H groups in total. The normalized spacial score (nSPS) is 18.6. The lowest BCUT2D eigenvalue weighted by Gasteiger charge is -2.26. The molecule has 11 heteroatoms. The Morgan fingerprint density at radius 3 is 2.29 bits per heavy atom. The van der Waals surface area contributed by atoms with Gasteiger partial charge < -0.3 is 15.2 Å². The van der Waals surface area contributed by atoms with Crippen molar-refractivity contribution in [2.45, 2.75) is 25.0 Å². The lowest BCUT2D eigenvalue weighted by atomic mass is 9.82. The van der Waals surface area contributed by atoms with Gasteiger partial charge in [-0.15, -0.1) is 0 Å². The number of amides is 1. The lowest BCUT2D eigenvalue weighted by Crippen LogP contribution is -2.41. The van der Waals surface area contributed by atoms with Crippen LogP contribution in [0.1, 0.15) is 17.5 Å². The predicted molar refractivity (Wildman–Crippen MR) is 101 cm³/mol. The van der Waals surface area contributed by atoms with E-state index in [1.165, 1.54) is 43.4 Å². The van der Waals surface area contributed by atoms with Crippen molar-refractivity contribution in [3.63, 3.8) is 0 Å². The molecule has 0 aliphatic carbocycles. The molecule has 1 aliphatic heterocycles. The quantitative estimate of drug-likeness (QED) is 0.634. The molecule has 0 fully saturated rings. The van der Waals surface area contributed by atoms with E-state index in [2.05, 4.69) is 9.73 Å². The Balaban J connectivity index is 2.06. The summed E-state index contributed by atoms with van der Waals surface area (Å²) >= 11 is 0. The molecular weight excluding hydrogens is 425 g/mol. The van der Waals surface area contributed by atoms with Crippen LogP contribution in [0.4, 0.5) is 22.0 Å². The highest BCUT2D eigenvalue weighted by atomic mass is 19.3. The average molecular weight is 443 g/mol. The number of carbonyl (C=O) groups is 1. The van der Waals surface area contributed by atoms with Gasteiger partial charge in [0.25, 0.3) is 5.91 Å². The van der Waals surface area contributed by atoms with Crippen LogP contribution in [-0.4, -0.2) is 43.5 Å². The molecule has 31 heavy (non-hydrogen) atoms. The maximum Gasteiger partial charge on any atom is 0.387 e. The highest BCUT2D eigenvalue weighted by Gasteiger charge is 2.49. The van der Waals surface area contributed by atoms with Gasteiger partial charge in [-0.1, -0.05) is 18.2 Å². The van der Waals surface area contributed by atoms with Crippen LogP contribution in [0.25, 0.3) is 0 Å². The molecule has 0 spiro atoms. The number of nitrogens with zero attached hydrogens (tertiary/aromatic N) is 2. The molecular formula is C20H18F5N3O3. The Morgan fingerprint density at radius 2 is 1.74 bits per heavy atom. The van der Waals surface area contributed by atoms with Crippen LogP contribution in [0.3, 0.4) is 0 Å². The molecule has 3 rings (SSSR count). The van der Waals surface area contributed by atoms with Crippen molar-refractivity contribution < 1.29 is 36.2 Å². The number of guanidine groups is 1. The van der Waals surface area contributed by atoms with E-state index in [0.717, 1.165) is 11.0 Å². The minimum Gasteiger partial charge on any atom is -0.490 e. The van der Waals surface area contributed by atoms with E-state index in [-0.39, 0.29) is 28.6 Å². The molecule has 166 valence electrons. The van der Waals surface area contributed by atoms with E-state index in [0.29, 0.717) is 0 Å². The van der Waals surface area contributed by atoms with Gasteiger partial charge in [0.05, 0.1) is 6.61 Å². The number of ether oxygens (including phenoxy) is 2. The van der Waals surface area contributed by atoms with Crippen LogP contribution in [-0.2, 0) is 10.3 Å². The highest BCUT2D eigenvalue weighted by molar-refractivity contribution is 6.08. The fraction of sp³-hybridized carbons (Fsp3) is 0.300. The smallest absolute Gasteiger partial charge is 0.387 e. The molecule has 0 unspecified atom stereocenters. The number of rotatable bonds is 8. The Morgan fingerprint density at radius 1 is 1.10 bits per heavy atom. The van der Waals surface area contributed by atoms with E-state index in [9.17, 15) is 26.7 Å². The SMILES string of the molecule is CN1C(=O)[C@@](c2ccc(OC(F)F)cc2)(c2ccc(F)c(OCCC(F)F)c2)N=C1N. The van der Waals surface area contributed by atoms with Crippen LogP contribution in [0.5, 0.6) is 11.5 Å². The third-order valence-electron chi connectivity index (χ3n) is 4.68. The van der Waals surface area contributed by atoms with Crippen LogP contribution in [0.15, 0.2) is 47.5 Å². The minimum atomic E-state index is -3.03. The average Bonchev–Trinajstić information content (AvgIpc) is 2.94. The summed E-state index contributed by atoms with van der Waals surface area (Å²) in [6, 6.07) is 8.64. The van der Waals surface area contributed by atoms with E-state index >= 15 is 0 Å². The van der Waals surface area contributed by atoms with Gasteiger partial charge in [0.1, 0.15) is 5.75 Å². The number of alkyl halides is 4. The van der Waals surface area contributed by atoms with Gasteiger partial charge >= 0.3 is 6.61 Å². The molecule has 2 aromatic rings. The van der Waals surface area contributed by atoms with Gasteiger partial charge in [-0.05, 0) is 35.4 Å². The fourth-order valence-corrected chi connectivity index (χ4v) is 3.16. The Bertz CT molecular complexity index is 985. The molecule has 2 aromatic carbocycles. The van der Waals surface area contributed by atoms with Gasteiger partial charge in [-0.3, -0.25) is 9.69 Å². The summed E-state index contributed by atoms with van der Waals surface area (Å²) in [7, 11) is 1.39. The molecule has 0 saturated carbocycles. The number of likely N-dealkylation sites (N-methyl/N-ethyl adjacent to an activating group) is 1. The highest BCUT2D eigenvalue weighted by Crippen LogP contribution is 2.41. The molecule has 0 bridgehead atoms. The van der Waals surface area contributed by atoms with Crippen molar-refractivity contribution in [2.75, 3.05) is 13.7 Å². The second-order valence-corrected chi connectivity index (χ2v) is 6.62. The molecule has 1 amide bonds. The third kappa shape index (κ3) is 4.39. The van der Waals surface area contributed by atoms with Crippen molar-refractivity contribution in [3.05, 3.63) is 59.4 Å². The molecule has 1 aliphatic rings. The fourth-order valence-electron chi connectivity index (χ4n) is 3.16. The van der Waals surface area contributed by atoms with E-state index in [1.807, 2.05) is 0 Å². The topological polar surface area (TPSA) is 77.2 Å². The number of hydrogen-bond acceptors (Lipinski definition) is 5. The second-order valence-electron chi connectivity index (χ2n) is 6.62. The Kier molecular flexibility index (Phi) is 6.32. The summed E-state index contributed by atoms with van der Waals surface area (Å²) in [6.45, 7) is -3.47. The number of halogens is 5. The summed E-state index contributed by atoms with van der Waals surface area (Å²) in [4.78, 5) is 18.5. The molecule has 1 heterocycles. The number of nitrogens with two attached hydrogens (primary N) is 1. The van der Waals surface area contributed by atoms with Crippen molar-refractivity contribution >= 4 is 11.9 Å². The zero-order valence-electron chi connectivity index (χ0n) is 16.2. The van der Waals surface area contributed by atoms with Crippen LogP contribution < -0.4 is 15.2 Å². The summed E-state index contributed by atoms with van der Waals surface area (Å²) in [5.41, 5.74) is 4.49. The molecule has 0 aromatic heterocycles. The molecule has 0 radical (unpaired) electrons. The van der Waals surface area contributed by atoms with E-state index in [1.54, 1.807) is 0 Å². The van der Waals surface area contributed by atoms with Crippen molar-refractivity contribution in [3.8, 4) is 11.5 Å². The summed E-state index contributed by atoms with van der Waals surface area (Å²) in [6.07, 6.45) is -3.23. The zero-order chi connectivity index (χ0) is 22.8. The van der Waals surface area contributed by atoms with Gasteiger partial charge in [0.15, 0.2) is 23.1 Å². The van der Waals surface area contributed by atoms with Gasteiger partial charge in [-0.2, -0.15) is 8.78 Å². The largest absolute Gasteiger partial charge is 0.490 e. The van der Waals surface area contributed by atoms with E-state index < -0.39 is 43.3 Å². The van der Waals surface area contributed by atoms with Crippen LogP contribution in [0.2, 0.25) is 0 Å². The first kappa shape index (κ1) is 22.3. The summed E-state index contributed by atoms with van der Waals surface area (Å²) in [5.74, 6) is -2.00. The minimum absolute atomic E-state index is 0.123. The third-order valence-corrected chi connectivity index (χ3v) is 4.68. The number of hydrogen-bond donors (Lipinski definition) is 1. The summed E-state index contributed by atoms with van der Waals surface area (Å²) in [5, 5.41) is 0. The second kappa shape index (κ2) is 8.78. The molecule has 1 atom stereocenters. The van der Waals surface area contributed by atoms with Gasteiger partial charge in [-0.25, -0.2) is 18.2 Å². The lowest BCUT2D eigenvalue weighted by molar-refractivity contribution is -0.129. The Hall–Kier alpha value is -3.37. The maximum atomic E-state index is 14.2. The van der Waals surface area contributed by atoms with Crippen molar-refractivity contribution in [1.82, 2.24) is 4.90 Å². The molecule has 6 nitrogen and oxygen atoms in total. The van der Waals surface area contributed by atoms with E-state index in [4.69, 9.17) is 10.5 Å². The Labute approximate surface area is 174 Å². The molecule has 0 saturated heterocycles. The van der Waals surface area contributed by atoms with Crippen molar-refractivity contribution in [1.29, 1.82) is 0 Å². The summed E-state index contributed by atoms with van der Waals surface area (Å²) < 4.78 is 73.3. The van der Waals surface area contributed by atoms with Gasteiger partial charge in [0, 0.05) is 13.5 Å².